The molecule has 2 fully saturated rings. The molecule has 4 rings (SSSR count). The lowest BCUT2D eigenvalue weighted by atomic mass is 10.3. The van der Waals surface area contributed by atoms with Gasteiger partial charge in [0.25, 0.3) is 0 Å². The van der Waals surface area contributed by atoms with Gasteiger partial charge in [0.2, 0.25) is 11.9 Å². The van der Waals surface area contributed by atoms with E-state index in [1.165, 1.54) is 0 Å². The van der Waals surface area contributed by atoms with Crippen molar-refractivity contribution in [3.05, 3.63) is 30.6 Å². The van der Waals surface area contributed by atoms with E-state index in [0.717, 1.165) is 44.2 Å². The normalized spacial score (nSPS) is 18.3. The fourth-order valence-electron chi connectivity index (χ4n) is 3.25. The molecule has 0 spiro atoms. The van der Waals surface area contributed by atoms with Crippen LogP contribution in [-0.4, -0.2) is 78.6 Å². The molecule has 0 atom stereocenters. The summed E-state index contributed by atoms with van der Waals surface area (Å²) >= 11 is 0. The number of carbonyl (C=O) groups is 1. The van der Waals surface area contributed by atoms with E-state index in [1.807, 2.05) is 23.2 Å². The minimum atomic E-state index is 0.00975. The highest BCUT2D eigenvalue weighted by atomic mass is 16.2. The van der Waals surface area contributed by atoms with Gasteiger partial charge in [-0.2, -0.15) is 4.98 Å². The number of amides is 1. The van der Waals surface area contributed by atoms with Crippen LogP contribution in [-0.2, 0) is 4.79 Å². The van der Waals surface area contributed by atoms with Crippen molar-refractivity contribution in [2.24, 2.45) is 0 Å². The van der Waals surface area contributed by atoms with Gasteiger partial charge in [-0.25, -0.2) is 9.97 Å². The van der Waals surface area contributed by atoms with Gasteiger partial charge < -0.3 is 25.3 Å². The third-order valence-corrected chi connectivity index (χ3v) is 4.86. The zero-order valence-electron chi connectivity index (χ0n) is 15.4. The summed E-state index contributed by atoms with van der Waals surface area (Å²) in [5.74, 6) is 1.91. The van der Waals surface area contributed by atoms with E-state index in [1.54, 1.807) is 6.20 Å². The molecule has 0 bridgehead atoms. The first-order chi connectivity index (χ1) is 13.2. The smallest absolute Gasteiger partial charge is 0.239 e. The molecule has 0 aliphatic carbocycles. The quantitative estimate of drug-likeness (QED) is 0.797. The standard InChI is InChI=1S/C18H24N8O/c1-24-8-10-25(11-9-24)14-2-3-15(21-12-14)22-18-20-5-4-16(23-18)26-7-6-19-17(27)13-26/h2-5,12H,6-11,13H2,1H3,(H,19,27)(H,20,21,22,23). The zero-order chi connectivity index (χ0) is 18.6. The Morgan fingerprint density at radius 2 is 1.89 bits per heavy atom. The summed E-state index contributed by atoms with van der Waals surface area (Å²) in [6.07, 6.45) is 3.57. The number of aromatic nitrogens is 3. The molecule has 0 unspecified atom stereocenters. The van der Waals surface area contributed by atoms with Gasteiger partial charge in [-0.05, 0) is 25.2 Å². The zero-order valence-corrected chi connectivity index (χ0v) is 15.4. The van der Waals surface area contributed by atoms with E-state index in [4.69, 9.17) is 0 Å². The van der Waals surface area contributed by atoms with Gasteiger partial charge in [-0.15, -0.1) is 0 Å². The van der Waals surface area contributed by atoms with Crippen molar-refractivity contribution in [2.45, 2.75) is 0 Å². The first kappa shape index (κ1) is 17.5. The van der Waals surface area contributed by atoms with Crippen LogP contribution in [0.1, 0.15) is 0 Å². The summed E-state index contributed by atoms with van der Waals surface area (Å²) in [6, 6.07) is 5.82. The number of pyridine rings is 1. The van der Waals surface area contributed by atoms with Gasteiger partial charge in [-0.1, -0.05) is 0 Å². The summed E-state index contributed by atoms with van der Waals surface area (Å²) in [5.41, 5.74) is 1.13. The van der Waals surface area contributed by atoms with Crippen LogP contribution < -0.4 is 20.4 Å². The van der Waals surface area contributed by atoms with Crippen molar-refractivity contribution in [3.8, 4) is 0 Å². The van der Waals surface area contributed by atoms with Crippen molar-refractivity contribution in [3.63, 3.8) is 0 Å². The van der Waals surface area contributed by atoms with E-state index in [2.05, 4.69) is 48.5 Å². The SMILES string of the molecule is CN1CCN(c2ccc(Nc3nccc(N4CCNC(=O)C4)n3)nc2)CC1. The maximum Gasteiger partial charge on any atom is 0.239 e. The highest BCUT2D eigenvalue weighted by Gasteiger charge is 2.18. The first-order valence-electron chi connectivity index (χ1n) is 9.19. The van der Waals surface area contributed by atoms with E-state index in [9.17, 15) is 4.79 Å². The van der Waals surface area contributed by atoms with Crippen molar-refractivity contribution in [1.29, 1.82) is 0 Å². The maximum absolute atomic E-state index is 11.6. The molecular weight excluding hydrogens is 344 g/mol. The summed E-state index contributed by atoms with van der Waals surface area (Å²) in [5, 5.41) is 5.96. The second-order valence-electron chi connectivity index (χ2n) is 6.83. The van der Waals surface area contributed by atoms with Crippen LogP contribution >= 0.6 is 0 Å². The average molecular weight is 368 g/mol. The van der Waals surface area contributed by atoms with Crippen LogP contribution in [0, 0.1) is 0 Å². The van der Waals surface area contributed by atoms with Gasteiger partial charge in [0.05, 0.1) is 18.4 Å². The molecule has 0 radical (unpaired) electrons. The number of nitrogens with one attached hydrogen (secondary N) is 2. The Balaban J connectivity index is 1.41. The van der Waals surface area contributed by atoms with Crippen LogP contribution in [0.5, 0.6) is 0 Å². The number of carbonyl (C=O) groups excluding carboxylic acids is 1. The van der Waals surface area contributed by atoms with Crippen molar-refractivity contribution < 1.29 is 4.79 Å². The van der Waals surface area contributed by atoms with Crippen molar-refractivity contribution in [2.75, 3.05) is 68.0 Å². The van der Waals surface area contributed by atoms with Crippen LogP contribution in [0.4, 0.5) is 23.3 Å². The molecule has 4 heterocycles. The van der Waals surface area contributed by atoms with E-state index in [0.29, 0.717) is 24.9 Å². The molecule has 9 nitrogen and oxygen atoms in total. The Kier molecular flexibility index (Phi) is 5.01. The van der Waals surface area contributed by atoms with E-state index < -0.39 is 0 Å². The monoisotopic (exact) mass is 368 g/mol. The minimum Gasteiger partial charge on any atom is -0.368 e. The predicted molar refractivity (Wildman–Crippen MR) is 104 cm³/mol. The molecule has 27 heavy (non-hydrogen) atoms. The number of nitrogens with zero attached hydrogens (tertiary/aromatic N) is 6. The summed E-state index contributed by atoms with van der Waals surface area (Å²) < 4.78 is 0. The molecule has 0 saturated carbocycles. The Morgan fingerprint density at radius 1 is 1.04 bits per heavy atom. The van der Waals surface area contributed by atoms with Crippen LogP contribution in [0.15, 0.2) is 30.6 Å². The van der Waals surface area contributed by atoms with E-state index >= 15 is 0 Å². The van der Waals surface area contributed by atoms with Gasteiger partial charge in [0.15, 0.2) is 0 Å². The average Bonchev–Trinajstić information content (AvgIpc) is 2.70. The number of piperazine rings is 2. The number of likely N-dealkylation sites (N-methyl/N-ethyl adjacent to an activating group) is 1. The third-order valence-electron chi connectivity index (χ3n) is 4.86. The second kappa shape index (κ2) is 7.75. The molecule has 2 aromatic rings. The molecule has 0 aromatic carbocycles. The summed E-state index contributed by atoms with van der Waals surface area (Å²) in [6.45, 7) is 5.83. The molecule has 2 aliphatic heterocycles. The first-order valence-corrected chi connectivity index (χ1v) is 9.19. The lowest BCUT2D eigenvalue weighted by molar-refractivity contribution is -0.120. The number of rotatable bonds is 4. The minimum absolute atomic E-state index is 0.00975. The molecule has 9 heteroatoms. The molecule has 2 aliphatic rings. The van der Waals surface area contributed by atoms with Gasteiger partial charge in [-0.3, -0.25) is 4.79 Å². The number of anilines is 4. The maximum atomic E-state index is 11.6. The van der Waals surface area contributed by atoms with Gasteiger partial charge in [0.1, 0.15) is 11.6 Å². The Bertz CT molecular complexity index is 788. The molecule has 2 aromatic heterocycles. The molecule has 142 valence electrons. The van der Waals surface area contributed by atoms with Gasteiger partial charge in [0, 0.05) is 45.5 Å². The van der Waals surface area contributed by atoms with Crippen molar-refractivity contribution >= 4 is 29.2 Å². The fraction of sp³-hybridized carbons (Fsp3) is 0.444. The Labute approximate surface area is 158 Å². The van der Waals surface area contributed by atoms with Gasteiger partial charge >= 0.3 is 0 Å². The Hall–Kier alpha value is -2.94. The Morgan fingerprint density at radius 3 is 2.63 bits per heavy atom. The van der Waals surface area contributed by atoms with Crippen molar-refractivity contribution in [1.82, 2.24) is 25.2 Å². The summed E-state index contributed by atoms with van der Waals surface area (Å²) in [4.78, 5) is 31.5. The van der Waals surface area contributed by atoms with Crippen LogP contribution in [0.25, 0.3) is 0 Å². The predicted octanol–water partition coefficient (Wildman–Crippen LogP) is 0.303. The molecule has 2 N–H and O–H groups in total. The largest absolute Gasteiger partial charge is 0.368 e. The molecule has 2 saturated heterocycles. The molecular formula is C18H24N8O. The van der Waals surface area contributed by atoms with Crippen LogP contribution in [0.2, 0.25) is 0 Å². The second-order valence-corrected chi connectivity index (χ2v) is 6.83. The third kappa shape index (κ3) is 4.25. The van der Waals surface area contributed by atoms with Crippen LogP contribution in [0.3, 0.4) is 0 Å². The topological polar surface area (TPSA) is 89.5 Å². The fourth-order valence-corrected chi connectivity index (χ4v) is 3.25. The van der Waals surface area contributed by atoms with E-state index in [-0.39, 0.29) is 5.91 Å². The number of hydrogen-bond donors (Lipinski definition) is 2. The lowest BCUT2D eigenvalue weighted by Crippen LogP contribution is -2.48. The number of hydrogen-bond acceptors (Lipinski definition) is 8. The highest BCUT2D eigenvalue weighted by molar-refractivity contribution is 5.82. The summed E-state index contributed by atoms with van der Waals surface area (Å²) in [7, 11) is 2.15. The highest BCUT2D eigenvalue weighted by Crippen LogP contribution is 2.19. The lowest BCUT2D eigenvalue weighted by Gasteiger charge is -2.33. The molecule has 1 amide bonds.